The molecule has 1 aliphatic rings. The van der Waals surface area contributed by atoms with E-state index in [1.54, 1.807) is 43.4 Å². The molecule has 1 amide bonds. The van der Waals surface area contributed by atoms with Crippen LogP contribution in [0.15, 0.2) is 36.4 Å². The summed E-state index contributed by atoms with van der Waals surface area (Å²) < 4.78 is 21.0. The van der Waals surface area contributed by atoms with Crippen molar-refractivity contribution < 1.29 is 28.5 Å². The molecule has 154 valence electrons. The van der Waals surface area contributed by atoms with E-state index in [-0.39, 0.29) is 19.1 Å². The molecule has 0 saturated carbocycles. The maximum atomic E-state index is 12.4. The van der Waals surface area contributed by atoms with Crippen molar-refractivity contribution in [3.63, 3.8) is 0 Å². The Hall–Kier alpha value is -2.93. The molecule has 0 unspecified atom stereocenters. The molecular weight excluding hydrogens is 398 g/mol. The van der Waals surface area contributed by atoms with Crippen LogP contribution in [-0.4, -0.2) is 50.8 Å². The Balaban J connectivity index is 1.51. The first kappa shape index (κ1) is 20.8. The summed E-state index contributed by atoms with van der Waals surface area (Å²) in [7, 11) is 3.16. The average molecular weight is 420 g/mol. The van der Waals surface area contributed by atoms with Gasteiger partial charge in [0.1, 0.15) is 5.75 Å². The topological polar surface area (TPSA) is 74.3 Å². The number of hydrogen-bond donors (Lipinski definition) is 0. The largest absolute Gasteiger partial charge is 0.493 e. The predicted molar refractivity (Wildman–Crippen MR) is 107 cm³/mol. The van der Waals surface area contributed by atoms with Gasteiger partial charge in [0.25, 0.3) is 5.91 Å². The lowest BCUT2D eigenvalue weighted by molar-refractivity contribution is -0.154. The summed E-state index contributed by atoms with van der Waals surface area (Å²) in [6, 6.07) is 10.6. The van der Waals surface area contributed by atoms with Crippen LogP contribution in [0.4, 0.5) is 0 Å². The van der Waals surface area contributed by atoms with Gasteiger partial charge in [-0.15, -0.1) is 0 Å². The minimum absolute atomic E-state index is 0.267. The fourth-order valence-electron chi connectivity index (χ4n) is 3.07. The molecule has 2 aromatic rings. The second-order valence-corrected chi connectivity index (χ2v) is 6.83. The number of ether oxygens (including phenoxy) is 4. The molecule has 0 N–H and O–H groups in total. The third kappa shape index (κ3) is 5.12. The molecule has 0 spiro atoms. The molecular formula is C21H22ClNO6. The van der Waals surface area contributed by atoms with Crippen molar-refractivity contribution >= 4 is 23.5 Å². The van der Waals surface area contributed by atoms with E-state index < -0.39 is 5.97 Å². The molecule has 0 fully saturated rings. The van der Waals surface area contributed by atoms with E-state index >= 15 is 0 Å². The highest BCUT2D eigenvalue weighted by molar-refractivity contribution is 6.32. The number of carbonyl (C=O) groups excluding carboxylic acids is 2. The van der Waals surface area contributed by atoms with Crippen molar-refractivity contribution in [2.75, 3.05) is 34.0 Å². The van der Waals surface area contributed by atoms with E-state index in [0.29, 0.717) is 41.8 Å². The molecule has 3 rings (SSSR count). The number of benzene rings is 2. The van der Waals surface area contributed by atoms with Crippen molar-refractivity contribution in [3.05, 3.63) is 52.5 Å². The third-order valence-corrected chi connectivity index (χ3v) is 4.92. The summed E-state index contributed by atoms with van der Waals surface area (Å²) in [6.07, 6.45) is 0.686. The number of esters is 1. The number of nitrogens with zero attached hydrogens (tertiary/aromatic N) is 1. The van der Waals surface area contributed by atoms with Crippen LogP contribution < -0.4 is 14.2 Å². The van der Waals surface area contributed by atoms with Crippen LogP contribution in [0, 0.1) is 0 Å². The van der Waals surface area contributed by atoms with Crippen molar-refractivity contribution in [3.8, 4) is 17.2 Å². The number of fused-ring (bicyclic) bond motifs is 1. The van der Waals surface area contributed by atoms with Gasteiger partial charge >= 0.3 is 5.97 Å². The molecule has 0 atom stereocenters. The Morgan fingerprint density at radius 2 is 1.69 bits per heavy atom. The van der Waals surface area contributed by atoms with Crippen LogP contribution in [0.2, 0.25) is 5.02 Å². The molecule has 1 heterocycles. The highest BCUT2D eigenvalue weighted by atomic mass is 35.5. The molecule has 0 aliphatic carbocycles. The van der Waals surface area contributed by atoms with Crippen LogP contribution in [0.25, 0.3) is 0 Å². The van der Waals surface area contributed by atoms with E-state index in [1.807, 2.05) is 12.1 Å². The first-order chi connectivity index (χ1) is 14.0. The van der Waals surface area contributed by atoms with Gasteiger partial charge in [-0.05, 0) is 41.8 Å². The number of halogens is 1. The van der Waals surface area contributed by atoms with Crippen molar-refractivity contribution in [2.24, 2.45) is 0 Å². The molecule has 1 aliphatic heterocycles. The summed E-state index contributed by atoms with van der Waals surface area (Å²) in [4.78, 5) is 26.0. The van der Waals surface area contributed by atoms with Crippen LogP contribution in [0.3, 0.4) is 0 Å². The molecule has 7 nitrogen and oxygen atoms in total. The molecule has 8 heteroatoms. The molecule has 0 saturated heterocycles. The van der Waals surface area contributed by atoms with Crippen LogP contribution >= 0.6 is 11.6 Å². The van der Waals surface area contributed by atoms with Crippen LogP contribution in [0.5, 0.6) is 17.2 Å². The van der Waals surface area contributed by atoms with E-state index in [1.165, 1.54) is 0 Å². The van der Waals surface area contributed by atoms with Gasteiger partial charge in [-0.2, -0.15) is 0 Å². The molecule has 0 bridgehead atoms. The highest BCUT2D eigenvalue weighted by Gasteiger charge is 2.23. The minimum Gasteiger partial charge on any atom is -0.493 e. The maximum Gasteiger partial charge on any atom is 0.344 e. The SMILES string of the molecule is COc1cc2c(cc1OC)CN(C(=O)COC(=O)COc1ccccc1Cl)CC2. The molecule has 0 radical (unpaired) electrons. The zero-order valence-corrected chi connectivity index (χ0v) is 17.0. The van der Waals surface area contributed by atoms with Gasteiger partial charge in [0, 0.05) is 13.1 Å². The second kappa shape index (κ2) is 9.52. The summed E-state index contributed by atoms with van der Waals surface area (Å²) in [5, 5.41) is 0.399. The normalized spacial score (nSPS) is 12.7. The van der Waals surface area contributed by atoms with E-state index in [4.69, 9.17) is 30.5 Å². The third-order valence-electron chi connectivity index (χ3n) is 4.61. The predicted octanol–water partition coefficient (Wildman–Crippen LogP) is 2.86. The minimum atomic E-state index is -0.637. The highest BCUT2D eigenvalue weighted by Crippen LogP contribution is 2.33. The Morgan fingerprint density at radius 3 is 2.38 bits per heavy atom. The van der Waals surface area contributed by atoms with Gasteiger partial charge in [-0.3, -0.25) is 4.79 Å². The molecule has 29 heavy (non-hydrogen) atoms. The van der Waals surface area contributed by atoms with Gasteiger partial charge in [0.05, 0.1) is 19.2 Å². The fourth-order valence-corrected chi connectivity index (χ4v) is 3.26. The lowest BCUT2D eigenvalue weighted by Gasteiger charge is -2.29. The van der Waals surface area contributed by atoms with Crippen molar-refractivity contribution in [1.82, 2.24) is 4.90 Å². The Bertz CT molecular complexity index is 901. The second-order valence-electron chi connectivity index (χ2n) is 6.42. The van der Waals surface area contributed by atoms with Crippen molar-refractivity contribution in [2.45, 2.75) is 13.0 Å². The first-order valence-corrected chi connectivity index (χ1v) is 9.44. The van der Waals surface area contributed by atoms with E-state index in [2.05, 4.69) is 0 Å². The van der Waals surface area contributed by atoms with Gasteiger partial charge in [-0.1, -0.05) is 23.7 Å². The van der Waals surface area contributed by atoms with Gasteiger partial charge in [0.15, 0.2) is 24.7 Å². The number of para-hydroxylation sites is 1. The Morgan fingerprint density at radius 1 is 1.00 bits per heavy atom. The number of amides is 1. The fraction of sp³-hybridized carbons (Fsp3) is 0.333. The van der Waals surface area contributed by atoms with Gasteiger partial charge in [-0.25, -0.2) is 4.79 Å². The summed E-state index contributed by atoms with van der Waals surface area (Å²) >= 11 is 5.96. The average Bonchev–Trinajstić information content (AvgIpc) is 2.75. The first-order valence-electron chi connectivity index (χ1n) is 9.06. The monoisotopic (exact) mass is 419 g/mol. The van der Waals surface area contributed by atoms with Crippen LogP contribution in [-0.2, 0) is 27.3 Å². The number of methoxy groups -OCH3 is 2. The lowest BCUT2D eigenvalue weighted by Crippen LogP contribution is -2.39. The zero-order chi connectivity index (χ0) is 20.8. The van der Waals surface area contributed by atoms with Crippen molar-refractivity contribution in [1.29, 1.82) is 0 Å². The van der Waals surface area contributed by atoms with E-state index in [0.717, 1.165) is 11.1 Å². The van der Waals surface area contributed by atoms with E-state index in [9.17, 15) is 9.59 Å². The zero-order valence-electron chi connectivity index (χ0n) is 16.3. The summed E-state index contributed by atoms with van der Waals surface area (Å²) in [5.74, 6) is 0.759. The number of hydrogen-bond acceptors (Lipinski definition) is 6. The lowest BCUT2D eigenvalue weighted by atomic mass is 9.99. The standard InChI is InChI=1S/C21H22ClNO6/c1-26-18-9-14-7-8-23(11-15(14)10-19(18)27-2)20(24)12-29-21(25)13-28-17-6-4-3-5-16(17)22/h3-6,9-10H,7-8,11-13H2,1-2H3. The maximum absolute atomic E-state index is 12.4. The number of rotatable bonds is 7. The number of carbonyl (C=O) groups is 2. The summed E-state index contributed by atoms with van der Waals surface area (Å²) in [5.41, 5.74) is 2.09. The van der Waals surface area contributed by atoms with Gasteiger partial charge in [0.2, 0.25) is 0 Å². The molecule has 0 aromatic heterocycles. The van der Waals surface area contributed by atoms with Crippen LogP contribution in [0.1, 0.15) is 11.1 Å². The Labute approximate surface area is 174 Å². The quantitative estimate of drug-likeness (QED) is 0.642. The Kier molecular flexibility index (Phi) is 6.82. The van der Waals surface area contributed by atoms with Gasteiger partial charge < -0.3 is 23.8 Å². The molecule has 2 aromatic carbocycles. The summed E-state index contributed by atoms with van der Waals surface area (Å²) in [6.45, 7) is 0.293. The smallest absolute Gasteiger partial charge is 0.344 e.